The molecule has 1 aromatic heterocycles. The summed E-state index contributed by atoms with van der Waals surface area (Å²) in [7, 11) is 0. The van der Waals surface area contributed by atoms with Gasteiger partial charge in [0.05, 0.1) is 0 Å². The summed E-state index contributed by atoms with van der Waals surface area (Å²) < 4.78 is 6.83. The Morgan fingerprint density at radius 2 is 1.68 bits per heavy atom. The summed E-state index contributed by atoms with van der Waals surface area (Å²) in [5.74, 6) is 1.40. The standard InChI is InChI=1S/C22H27BrN2O3/c1-14-5-9-24(10-6-14)21(26)16-7-11-25(12-8-16)22(27)20-15(2)18-13-17(23)3-4-19(18)28-20/h3-4,13-14,16H,5-12H2,1-2H3. The third-order valence-electron chi connectivity index (χ3n) is 6.32. The molecule has 0 saturated carbocycles. The summed E-state index contributed by atoms with van der Waals surface area (Å²) in [5.41, 5.74) is 1.61. The van der Waals surface area contributed by atoms with Gasteiger partial charge in [-0.3, -0.25) is 9.59 Å². The number of halogens is 1. The fourth-order valence-electron chi connectivity index (χ4n) is 4.36. The molecular formula is C22H27BrN2O3. The molecular weight excluding hydrogens is 420 g/mol. The van der Waals surface area contributed by atoms with Crippen LogP contribution >= 0.6 is 15.9 Å². The van der Waals surface area contributed by atoms with Crippen LogP contribution in [-0.4, -0.2) is 47.8 Å². The van der Waals surface area contributed by atoms with Gasteiger partial charge in [0.1, 0.15) is 5.58 Å². The molecule has 1 aromatic carbocycles. The average Bonchev–Trinajstić information content (AvgIpc) is 3.03. The maximum Gasteiger partial charge on any atom is 0.289 e. The van der Waals surface area contributed by atoms with Crippen molar-refractivity contribution in [3.05, 3.63) is 34.0 Å². The summed E-state index contributed by atoms with van der Waals surface area (Å²) >= 11 is 3.47. The molecule has 0 spiro atoms. The number of amides is 2. The molecule has 2 aromatic rings. The van der Waals surface area contributed by atoms with E-state index in [0.717, 1.165) is 65.7 Å². The molecule has 0 bridgehead atoms. The molecule has 2 amide bonds. The van der Waals surface area contributed by atoms with Crippen molar-refractivity contribution in [3.63, 3.8) is 0 Å². The highest BCUT2D eigenvalue weighted by atomic mass is 79.9. The van der Waals surface area contributed by atoms with Gasteiger partial charge >= 0.3 is 0 Å². The molecule has 0 aliphatic carbocycles. The van der Waals surface area contributed by atoms with Crippen molar-refractivity contribution in [2.24, 2.45) is 11.8 Å². The minimum absolute atomic E-state index is 0.0465. The van der Waals surface area contributed by atoms with Crippen molar-refractivity contribution in [1.82, 2.24) is 9.80 Å². The van der Waals surface area contributed by atoms with E-state index >= 15 is 0 Å². The Hall–Kier alpha value is -1.82. The number of fused-ring (bicyclic) bond motifs is 1. The molecule has 28 heavy (non-hydrogen) atoms. The Labute approximate surface area is 174 Å². The van der Waals surface area contributed by atoms with Crippen molar-refractivity contribution in [1.29, 1.82) is 0 Å². The summed E-state index contributed by atoms with van der Waals surface area (Å²) in [6, 6.07) is 5.78. The van der Waals surface area contributed by atoms with Crippen LogP contribution in [0.15, 0.2) is 27.1 Å². The van der Waals surface area contributed by atoms with Crippen molar-refractivity contribution in [3.8, 4) is 0 Å². The van der Waals surface area contributed by atoms with Gasteiger partial charge in [-0.15, -0.1) is 0 Å². The van der Waals surface area contributed by atoms with Crippen LogP contribution in [0.4, 0.5) is 0 Å². The van der Waals surface area contributed by atoms with E-state index in [1.807, 2.05) is 34.9 Å². The molecule has 0 radical (unpaired) electrons. The lowest BCUT2D eigenvalue weighted by Crippen LogP contribution is -2.46. The fourth-order valence-corrected chi connectivity index (χ4v) is 4.72. The van der Waals surface area contributed by atoms with Crippen LogP contribution in [0.2, 0.25) is 0 Å². The van der Waals surface area contributed by atoms with E-state index in [9.17, 15) is 9.59 Å². The molecule has 150 valence electrons. The Morgan fingerprint density at radius 1 is 1.04 bits per heavy atom. The number of rotatable bonds is 2. The zero-order valence-electron chi connectivity index (χ0n) is 16.5. The van der Waals surface area contributed by atoms with Crippen LogP contribution in [0.5, 0.6) is 0 Å². The van der Waals surface area contributed by atoms with Gasteiger partial charge in [0, 0.05) is 47.5 Å². The molecule has 4 rings (SSSR count). The fraction of sp³-hybridized carbons (Fsp3) is 0.545. The predicted octanol–water partition coefficient (Wildman–Crippen LogP) is 4.61. The lowest BCUT2D eigenvalue weighted by molar-refractivity contribution is -0.138. The van der Waals surface area contributed by atoms with Gasteiger partial charge in [-0.2, -0.15) is 0 Å². The number of hydrogen-bond donors (Lipinski definition) is 0. The van der Waals surface area contributed by atoms with Crippen molar-refractivity contribution >= 4 is 38.7 Å². The summed E-state index contributed by atoms with van der Waals surface area (Å²) in [6.45, 7) is 7.17. The number of nitrogens with zero attached hydrogens (tertiary/aromatic N) is 2. The highest BCUT2D eigenvalue weighted by Crippen LogP contribution is 2.30. The maximum absolute atomic E-state index is 13.0. The topological polar surface area (TPSA) is 53.8 Å². The number of likely N-dealkylation sites (tertiary alicyclic amines) is 2. The van der Waals surface area contributed by atoms with E-state index in [2.05, 4.69) is 22.9 Å². The van der Waals surface area contributed by atoms with Crippen LogP contribution in [0.25, 0.3) is 11.0 Å². The zero-order valence-corrected chi connectivity index (χ0v) is 18.1. The second-order valence-corrected chi connectivity index (χ2v) is 9.19. The average molecular weight is 447 g/mol. The van der Waals surface area contributed by atoms with Gasteiger partial charge in [-0.05, 0) is 56.7 Å². The summed E-state index contributed by atoms with van der Waals surface area (Å²) in [6.07, 6.45) is 3.68. The number of hydrogen-bond acceptors (Lipinski definition) is 3. The highest BCUT2D eigenvalue weighted by molar-refractivity contribution is 9.10. The van der Waals surface area contributed by atoms with Gasteiger partial charge in [-0.25, -0.2) is 0 Å². The quantitative estimate of drug-likeness (QED) is 0.676. The lowest BCUT2D eigenvalue weighted by atomic mass is 9.92. The lowest BCUT2D eigenvalue weighted by Gasteiger charge is -2.36. The molecule has 2 aliphatic rings. The van der Waals surface area contributed by atoms with Crippen LogP contribution in [0.1, 0.15) is 48.7 Å². The van der Waals surface area contributed by atoms with Crippen molar-refractivity contribution < 1.29 is 14.0 Å². The second kappa shape index (κ2) is 7.90. The van der Waals surface area contributed by atoms with E-state index in [0.29, 0.717) is 18.8 Å². The minimum Gasteiger partial charge on any atom is -0.451 e. The van der Waals surface area contributed by atoms with Gasteiger partial charge in [-0.1, -0.05) is 22.9 Å². The third-order valence-corrected chi connectivity index (χ3v) is 6.81. The van der Waals surface area contributed by atoms with Crippen molar-refractivity contribution in [2.45, 2.75) is 39.5 Å². The largest absolute Gasteiger partial charge is 0.451 e. The van der Waals surface area contributed by atoms with Gasteiger partial charge < -0.3 is 14.2 Å². The first-order valence-electron chi connectivity index (χ1n) is 10.2. The Bertz CT molecular complexity index is 891. The van der Waals surface area contributed by atoms with E-state index in [-0.39, 0.29) is 17.7 Å². The number of furan rings is 1. The Morgan fingerprint density at radius 3 is 2.36 bits per heavy atom. The smallest absolute Gasteiger partial charge is 0.289 e. The van der Waals surface area contributed by atoms with Crippen molar-refractivity contribution in [2.75, 3.05) is 26.2 Å². The molecule has 0 N–H and O–H groups in total. The van der Waals surface area contributed by atoms with E-state index in [1.165, 1.54) is 0 Å². The van der Waals surface area contributed by atoms with Gasteiger partial charge in [0.25, 0.3) is 5.91 Å². The van der Waals surface area contributed by atoms with E-state index in [4.69, 9.17) is 4.42 Å². The third kappa shape index (κ3) is 3.71. The molecule has 0 atom stereocenters. The number of aryl methyl sites for hydroxylation is 1. The first-order chi connectivity index (χ1) is 13.4. The van der Waals surface area contributed by atoms with Crippen LogP contribution in [0.3, 0.4) is 0 Å². The SMILES string of the molecule is Cc1c(C(=O)N2CCC(C(=O)N3CCC(C)CC3)CC2)oc2ccc(Br)cc12. The Kier molecular flexibility index (Phi) is 5.50. The maximum atomic E-state index is 13.0. The number of carbonyl (C=O) groups excluding carboxylic acids is 2. The zero-order chi connectivity index (χ0) is 19.8. The van der Waals surface area contributed by atoms with E-state index < -0.39 is 0 Å². The first-order valence-corrected chi connectivity index (χ1v) is 11.0. The van der Waals surface area contributed by atoms with Crippen LogP contribution in [-0.2, 0) is 4.79 Å². The summed E-state index contributed by atoms with van der Waals surface area (Å²) in [4.78, 5) is 29.7. The van der Waals surface area contributed by atoms with Crippen LogP contribution < -0.4 is 0 Å². The number of piperidine rings is 2. The monoisotopic (exact) mass is 446 g/mol. The molecule has 2 saturated heterocycles. The normalized spacial score (nSPS) is 19.4. The van der Waals surface area contributed by atoms with Crippen LogP contribution in [0, 0.1) is 18.8 Å². The second-order valence-electron chi connectivity index (χ2n) is 8.27. The summed E-state index contributed by atoms with van der Waals surface area (Å²) in [5, 5.41) is 0.960. The number of carbonyl (C=O) groups is 2. The molecule has 6 heteroatoms. The van der Waals surface area contributed by atoms with Gasteiger partial charge in [0.15, 0.2) is 5.76 Å². The molecule has 5 nitrogen and oxygen atoms in total. The minimum atomic E-state index is -0.0671. The predicted molar refractivity (Wildman–Crippen MR) is 112 cm³/mol. The first kappa shape index (κ1) is 19.5. The number of benzene rings is 1. The molecule has 2 aliphatic heterocycles. The Balaban J connectivity index is 1.40. The van der Waals surface area contributed by atoms with Gasteiger partial charge in [0.2, 0.25) is 5.91 Å². The molecule has 0 unspecified atom stereocenters. The molecule has 3 heterocycles. The highest BCUT2D eigenvalue weighted by Gasteiger charge is 2.33. The molecule has 2 fully saturated rings. The van der Waals surface area contributed by atoms with E-state index in [1.54, 1.807) is 0 Å².